The van der Waals surface area contributed by atoms with Crippen LogP contribution in [0.1, 0.15) is 23.3 Å². The summed E-state index contributed by atoms with van der Waals surface area (Å²) in [6.07, 6.45) is 7.09. The van der Waals surface area contributed by atoms with Crippen molar-refractivity contribution in [1.29, 1.82) is 0 Å². The van der Waals surface area contributed by atoms with E-state index in [0.717, 1.165) is 19.5 Å². The van der Waals surface area contributed by atoms with Crippen LogP contribution < -0.4 is 10.6 Å². The summed E-state index contributed by atoms with van der Waals surface area (Å²) in [4.78, 5) is 24.6. The van der Waals surface area contributed by atoms with Gasteiger partial charge in [-0.3, -0.25) is 14.8 Å². The monoisotopic (exact) mass is 303 g/mol. The largest absolute Gasteiger partial charge is 0.351 e. The highest BCUT2D eigenvalue weighted by Gasteiger charge is 2.16. The molecule has 2 aromatic rings. The van der Waals surface area contributed by atoms with Gasteiger partial charge in [-0.15, -0.1) is 11.3 Å². The average Bonchev–Trinajstić information content (AvgIpc) is 3.20. The molecule has 1 unspecified atom stereocenters. The Hall–Kier alpha value is -1.86. The third-order valence-corrected chi connectivity index (χ3v) is 4.38. The van der Waals surface area contributed by atoms with Crippen LogP contribution in [0.25, 0.3) is 10.7 Å². The number of thiazole rings is 1. The molecule has 110 valence electrons. The van der Waals surface area contributed by atoms with E-state index in [-0.39, 0.29) is 5.91 Å². The van der Waals surface area contributed by atoms with Gasteiger partial charge in [0.25, 0.3) is 5.91 Å². The second-order valence-corrected chi connectivity index (χ2v) is 5.89. The summed E-state index contributed by atoms with van der Waals surface area (Å²) < 4.78 is 0. The van der Waals surface area contributed by atoms with Crippen molar-refractivity contribution < 1.29 is 4.79 Å². The lowest BCUT2D eigenvalue weighted by Crippen LogP contribution is -2.26. The van der Waals surface area contributed by atoms with Gasteiger partial charge < -0.3 is 10.6 Å². The van der Waals surface area contributed by atoms with Crippen LogP contribution >= 0.6 is 11.3 Å². The fourth-order valence-corrected chi connectivity index (χ4v) is 3.11. The molecule has 21 heavy (non-hydrogen) atoms. The van der Waals surface area contributed by atoms with Crippen LogP contribution in [0.2, 0.25) is 0 Å². The normalized spacial score (nSPS) is 17.8. The number of carbonyl (C=O) groups is 1. The molecule has 7 heteroatoms. The maximum Gasteiger partial charge on any atom is 0.270 e. The smallest absolute Gasteiger partial charge is 0.270 e. The Labute approximate surface area is 127 Å². The number of hydrogen-bond donors (Lipinski definition) is 2. The van der Waals surface area contributed by atoms with Gasteiger partial charge in [-0.05, 0) is 31.8 Å². The van der Waals surface area contributed by atoms with Gasteiger partial charge in [0, 0.05) is 24.3 Å². The highest BCUT2D eigenvalue weighted by Crippen LogP contribution is 2.20. The second-order valence-electron chi connectivity index (χ2n) is 5.03. The first kappa shape index (κ1) is 14.1. The molecule has 0 saturated carbocycles. The van der Waals surface area contributed by atoms with E-state index in [2.05, 4.69) is 25.6 Å². The number of hydrogen-bond acceptors (Lipinski definition) is 6. The molecule has 3 heterocycles. The van der Waals surface area contributed by atoms with Crippen molar-refractivity contribution in [3.05, 3.63) is 29.7 Å². The molecule has 6 nitrogen and oxygen atoms in total. The molecule has 0 aliphatic carbocycles. The molecule has 3 rings (SSSR count). The van der Waals surface area contributed by atoms with Crippen molar-refractivity contribution in [1.82, 2.24) is 25.6 Å². The van der Waals surface area contributed by atoms with Crippen LogP contribution in [0.3, 0.4) is 0 Å². The SMILES string of the molecule is O=C(NCCC1CCNC1)c1csc(-c2cnccn2)n1. The molecule has 0 bridgehead atoms. The zero-order valence-corrected chi connectivity index (χ0v) is 12.4. The molecule has 2 aromatic heterocycles. The number of rotatable bonds is 5. The molecular weight excluding hydrogens is 286 g/mol. The van der Waals surface area contributed by atoms with E-state index >= 15 is 0 Å². The lowest BCUT2D eigenvalue weighted by Gasteiger charge is -2.08. The van der Waals surface area contributed by atoms with E-state index in [4.69, 9.17) is 0 Å². The molecule has 1 saturated heterocycles. The maximum absolute atomic E-state index is 12.0. The van der Waals surface area contributed by atoms with Crippen molar-refractivity contribution in [2.45, 2.75) is 12.8 Å². The van der Waals surface area contributed by atoms with Crippen LogP contribution in [0.5, 0.6) is 0 Å². The Morgan fingerprint density at radius 1 is 1.48 bits per heavy atom. The van der Waals surface area contributed by atoms with Gasteiger partial charge in [-0.1, -0.05) is 0 Å². The predicted octanol–water partition coefficient (Wildman–Crippen LogP) is 1.33. The zero-order chi connectivity index (χ0) is 14.5. The topological polar surface area (TPSA) is 79.8 Å². The molecule has 0 radical (unpaired) electrons. The molecule has 0 aromatic carbocycles. The molecule has 2 N–H and O–H groups in total. The Morgan fingerprint density at radius 3 is 3.19 bits per heavy atom. The second kappa shape index (κ2) is 6.73. The molecule has 1 fully saturated rings. The van der Waals surface area contributed by atoms with Gasteiger partial charge in [0.1, 0.15) is 16.4 Å². The van der Waals surface area contributed by atoms with Crippen LogP contribution in [-0.2, 0) is 0 Å². The van der Waals surface area contributed by atoms with Crippen molar-refractivity contribution in [2.75, 3.05) is 19.6 Å². The van der Waals surface area contributed by atoms with E-state index in [9.17, 15) is 4.79 Å². The van der Waals surface area contributed by atoms with Crippen molar-refractivity contribution in [3.63, 3.8) is 0 Å². The molecule has 1 amide bonds. The quantitative estimate of drug-likeness (QED) is 0.871. The number of aromatic nitrogens is 3. The minimum atomic E-state index is -0.118. The fraction of sp³-hybridized carbons (Fsp3) is 0.429. The van der Waals surface area contributed by atoms with E-state index in [1.54, 1.807) is 24.0 Å². The van der Waals surface area contributed by atoms with Gasteiger partial charge in [0.05, 0.1) is 6.20 Å². The third-order valence-electron chi connectivity index (χ3n) is 3.52. The van der Waals surface area contributed by atoms with Crippen LogP contribution in [0.15, 0.2) is 24.0 Å². The predicted molar refractivity (Wildman–Crippen MR) is 81.1 cm³/mol. The van der Waals surface area contributed by atoms with Gasteiger partial charge >= 0.3 is 0 Å². The summed E-state index contributed by atoms with van der Waals surface area (Å²) in [5.41, 5.74) is 1.14. The van der Waals surface area contributed by atoms with Gasteiger partial charge in [0.2, 0.25) is 0 Å². The zero-order valence-electron chi connectivity index (χ0n) is 11.6. The minimum Gasteiger partial charge on any atom is -0.351 e. The molecule has 1 aliphatic heterocycles. The first-order valence-corrected chi connectivity index (χ1v) is 7.92. The highest BCUT2D eigenvalue weighted by atomic mass is 32.1. The van der Waals surface area contributed by atoms with Gasteiger partial charge in [-0.2, -0.15) is 0 Å². The Kier molecular flexibility index (Phi) is 4.52. The van der Waals surface area contributed by atoms with E-state index in [0.29, 0.717) is 28.9 Å². The summed E-state index contributed by atoms with van der Waals surface area (Å²) >= 11 is 1.41. The van der Waals surface area contributed by atoms with Crippen LogP contribution in [0, 0.1) is 5.92 Å². The summed E-state index contributed by atoms with van der Waals surface area (Å²) in [5.74, 6) is 0.559. The summed E-state index contributed by atoms with van der Waals surface area (Å²) in [6.45, 7) is 2.85. The lowest BCUT2D eigenvalue weighted by molar-refractivity contribution is 0.0947. The highest BCUT2D eigenvalue weighted by molar-refractivity contribution is 7.13. The number of amides is 1. The Morgan fingerprint density at radius 2 is 2.43 bits per heavy atom. The van der Waals surface area contributed by atoms with Crippen molar-refractivity contribution in [3.8, 4) is 10.7 Å². The fourth-order valence-electron chi connectivity index (χ4n) is 2.35. The average molecular weight is 303 g/mol. The van der Waals surface area contributed by atoms with E-state index in [1.165, 1.54) is 17.8 Å². The molecular formula is C14H17N5OS. The molecule has 0 spiro atoms. The van der Waals surface area contributed by atoms with Crippen molar-refractivity contribution in [2.24, 2.45) is 5.92 Å². The standard InChI is InChI=1S/C14H17N5OS/c20-13(18-4-2-10-1-3-15-7-10)12-9-21-14(19-12)11-8-16-5-6-17-11/h5-6,8-10,15H,1-4,7H2,(H,18,20). The van der Waals surface area contributed by atoms with Crippen molar-refractivity contribution >= 4 is 17.2 Å². The summed E-state index contributed by atoms with van der Waals surface area (Å²) in [5, 5.41) is 8.74. The lowest BCUT2D eigenvalue weighted by atomic mass is 10.1. The minimum absolute atomic E-state index is 0.118. The first-order chi connectivity index (χ1) is 10.3. The Bertz CT molecular complexity index is 594. The van der Waals surface area contributed by atoms with Gasteiger partial charge in [-0.25, -0.2) is 4.98 Å². The number of nitrogens with one attached hydrogen (secondary N) is 2. The van der Waals surface area contributed by atoms with E-state index < -0.39 is 0 Å². The summed E-state index contributed by atoms with van der Waals surface area (Å²) in [7, 11) is 0. The summed E-state index contributed by atoms with van der Waals surface area (Å²) in [6, 6.07) is 0. The van der Waals surface area contributed by atoms with E-state index in [1.807, 2.05) is 0 Å². The first-order valence-electron chi connectivity index (χ1n) is 7.04. The molecule has 1 atom stereocenters. The third kappa shape index (κ3) is 3.62. The maximum atomic E-state index is 12.0. The Balaban J connectivity index is 1.54. The van der Waals surface area contributed by atoms with Gasteiger partial charge in [0.15, 0.2) is 0 Å². The number of carbonyl (C=O) groups excluding carboxylic acids is 1. The molecule has 1 aliphatic rings. The van der Waals surface area contributed by atoms with Crippen LogP contribution in [0.4, 0.5) is 0 Å². The number of nitrogens with zero attached hydrogens (tertiary/aromatic N) is 3. The van der Waals surface area contributed by atoms with Crippen LogP contribution in [-0.4, -0.2) is 40.5 Å².